The van der Waals surface area contributed by atoms with Crippen molar-refractivity contribution in [3.8, 4) is 5.75 Å². The highest BCUT2D eigenvalue weighted by atomic mass is 32.1. The normalized spacial score (nSPS) is 10.8. The summed E-state index contributed by atoms with van der Waals surface area (Å²) in [6.07, 6.45) is 3.53. The molecular formula is C21H24N4O2S. The zero-order valence-electron chi connectivity index (χ0n) is 16.1. The molecule has 1 amide bonds. The predicted octanol–water partition coefficient (Wildman–Crippen LogP) is 3.32. The summed E-state index contributed by atoms with van der Waals surface area (Å²) < 4.78 is 5.79. The minimum Gasteiger partial charge on any atom is -0.487 e. The predicted molar refractivity (Wildman–Crippen MR) is 110 cm³/mol. The van der Waals surface area contributed by atoms with Gasteiger partial charge in [0, 0.05) is 43.0 Å². The lowest BCUT2D eigenvalue weighted by Gasteiger charge is -2.24. The Labute approximate surface area is 169 Å². The van der Waals surface area contributed by atoms with Gasteiger partial charge in [0.15, 0.2) is 0 Å². The molecule has 0 spiro atoms. The van der Waals surface area contributed by atoms with Gasteiger partial charge in [0.05, 0.1) is 11.2 Å². The number of hydrogen-bond acceptors (Lipinski definition) is 6. The Kier molecular flexibility index (Phi) is 7.11. The summed E-state index contributed by atoms with van der Waals surface area (Å²) in [6, 6.07) is 11.2. The average Bonchev–Trinajstić information content (AvgIpc) is 3.23. The number of likely N-dealkylation sites (N-methyl/N-ethyl adjacent to an activating group) is 1. The van der Waals surface area contributed by atoms with Crippen LogP contribution in [0, 0.1) is 0 Å². The number of pyridine rings is 1. The molecule has 0 aliphatic carbocycles. The summed E-state index contributed by atoms with van der Waals surface area (Å²) in [5.41, 5.74) is 4.27. The zero-order valence-corrected chi connectivity index (χ0v) is 16.9. The molecule has 0 aliphatic rings. The van der Waals surface area contributed by atoms with Gasteiger partial charge >= 0.3 is 0 Å². The first-order valence-corrected chi connectivity index (χ1v) is 9.99. The molecule has 7 heteroatoms. The highest BCUT2D eigenvalue weighted by Crippen LogP contribution is 2.18. The van der Waals surface area contributed by atoms with E-state index < -0.39 is 0 Å². The minimum absolute atomic E-state index is 0.0233. The standard InChI is InChI=1S/C21H24N4O2S/c1-24(2)9-10-25(13-17-5-4-8-22-12-17)21(26)18-6-3-7-20(11-18)27-14-19-15-28-16-23-19/h3-8,11-12,15-16H,9-10,13-14H2,1-2H3. The number of carbonyl (C=O) groups excluding carboxylic acids is 1. The Bertz CT molecular complexity index is 869. The van der Waals surface area contributed by atoms with Crippen molar-refractivity contribution in [2.24, 2.45) is 0 Å². The smallest absolute Gasteiger partial charge is 0.254 e. The zero-order chi connectivity index (χ0) is 19.8. The summed E-state index contributed by atoms with van der Waals surface area (Å²) >= 11 is 1.53. The van der Waals surface area contributed by atoms with Gasteiger partial charge in [0.25, 0.3) is 5.91 Å². The van der Waals surface area contributed by atoms with Crippen LogP contribution in [-0.4, -0.2) is 52.9 Å². The Balaban J connectivity index is 1.72. The molecule has 3 rings (SSSR count). The highest BCUT2D eigenvalue weighted by Gasteiger charge is 2.17. The minimum atomic E-state index is -0.0233. The van der Waals surface area contributed by atoms with Gasteiger partial charge in [-0.15, -0.1) is 11.3 Å². The Morgan fingerprint density at radius 1 is 1.18 bits per heavy atom. The van der Waals surface area contributed by atoms with E-state index in [1.807, 2.05) is 54.7 Å². The van der Waals surface area contributed by atoms with Crippen molar-refractivity contribution in [3.63, 3.8) is 0 Å². The molecular weight excluding hydrogens is 372 g/mol. The molecule has 0 saturated carbocycles. The second-order valence-corrected chi connectivity index (χ2v) is 7.41. The first kappa shape index (κ1) is 20.0. The third-order valence-corrected chi connectivity index (χ3v) is 4.79. The molecule has 3 aromatic rings. The van der Waals surface area contributed by atoms with E-state index in [1.54, 1.807) is 24.0 Å². The largest absolute Gasteiger partial charge is 0.487 e. The van der Waals surface area contributed by atoms with Crippen molar-refractivity contribution in [1.29, 1.82) is 0 Å². The van der Waals surface area contributed by atoms with Crippen molar-refractivity contribution in [1.82, 2.24) is 19.8 Å². The van der Waals surface area contributed by atoms with Gasteiger partial charge < -0.3 is 14.5 Å². The maximum Gasteiger partial charge on any atom is 0.254 e. The molecule has 0 atom stereocenters. The number of benzene rings is 1. The molecule has 146 valence electrons. The van der Waals surface area contributed by atoms with Gasteiger partial charge in [-0.25, -0.2) is 4.98 Å². The number of ether oxygens (including phenoxy) is 1. The monoisotopic (exact) mass is 396 g/mol. The second-order valence-electron chi connectivity index (χ2n) is 6.69. The molecule has 0 fully saturated rings. The van der Waals surface area contributed by atoms with E-state index >= 15 is 0 Å². The Morgan fingerprint density at radius 3 is 2.79 bits per heavy atom. The van der Waals surface area contributed by atoms with E-state index in [0.29, 0.717) is 31.0 Å². The lowest BCUT2D eigenvalue weighted by atomic mass is 10.1. The van der Waals surface area contributed by atoms with Crippen LogP contribution in [-0.2, 0) is 13.2 Å². The number of rotatable bonds is 9. The summed E-state index contributed by atoms with van der Waals surface area (Å²) in [5.74, 6) is 0.637. The lowest BCUT2D eigenvalue weighted by Crippen LogP contribution is -2.36. The van der Waals surface area contributed by atoms with E-state index in [9.17, 15) is 4.79 Å². The second kappa shape index (κ2) is 9.96. The molecule has 2 aromatic heterocycles. The number of aromatic nitrogens is 2. The SMILES string of the molecule is CN(C)CCN(Cc1cccnc1)C(=O)c1cccc(OCc2cscn2)c1. The fourth-order valence-corrected chi connectivity index (χ4v) is 3.20. The van der Waals surface area contributed by atoms with Crippen LogP contribution in [0.15, 0.2) is 59.7 Å². The van der Waals surface area contributed by atoms with Crippen molar-refractivity contribution in [3.05, 3.63) is 76.5 Å². The Morgan fingerprint density at radius 2 is 2.07 bits per heavy atom. The van der Waals surface area contributed by atoms with Crippen molar-refractivity contribution in [2.75, 3.05) is 27.2 Å². The molecule has 2 heterocycles. The van der Waals surface area contributed by atoms with E-state index in [-0.39, 0.29) is 5.91 Å². The number of nitrogens with zero attached hydrogens (tertiary/aromatic N) is 4. The molecule has 0 N–H and O–H groups in total. The van der Waals surface area contributed by atoms with Crippen LogP contribution in [0.1, 0.15) is 21.6 Å². The summed E-state index contributed by atoms with van der Waals surface area (Å²) in [7, 11) is 4.00. The van der Waals surface area contributed by atoms with E-state index in [2.05, 4.69) is 14.9 Å². The van der Waals surface area contributed by atoms with Gasteiger partial charge in [0.2, 0.25) is 0 Å². The van der Waals surface area contributed by atoms with Crippen molar-refractivity contribution in [2.45, 2.75) is 13.2 Å². The molecule has 1 aromatic carbocycles. The number of carbonyl (C=O) groups is 1. The first-order chi connectivity index (χ1) is 13.6. The van der Waals surface area contributed by atoms with E-state index in [0.717, 1.165) is 17.8 Å². The molecule has 0 radical (unpaired) electrons. The van der Waals surface area contributed by atoms with Crippen LogP contribution in [0.25, 0.3) is 0 Å². The maximum atomic E-state index is 13.2. The van der Waals surface area contributed by atoms with Crippen LogP contribution < -0.4 is 4.74 Å². The third-order valence-electron chi connectivity index (χ3n) is 4.15. The van der Waals surface area contributed by atoms with E-state index in [4.69, 9.17) is 4.74 Å². The topological polar surface area (TPSA) is 58.6 Å². The fourth-order valence-electron chi connectivity index (χ4n) is 2.65. The average molecular weight is 397 g/mol. The van der Waals surface area contributed by atoms with Crippen LogP contribution in [0.3, 0.4) is 0 Å². The highest BCUT2D eigenvalue weighted by molar-refractivity contribution is 7.07. The summed E-state index contributed by atoms with van der Waals surface area (Å²) in [4.78, 5) is 25.4. The van der Waals surface area contributed by atoms with Gasteiger partial charge in [-0.3, -0.25) is 9.78 Å². The van der Waals surface area contributed by atoms with Gasteiger partial charge in [-0.1, -0.05) is 12.1 Å². The lowest BCUT2D eigenvalue weighted by molar-refractivity contribution is 0.0731. The molecule has 0 unspecified atom stereocenters. The number of thiazole rings is 1. The molecule has 0 aliphatic heterocycles. The van der Waals surface area contributed by atoms with Gasteiger partial charge in [-0.2, -0.15) is 0 Å². The molecule has 6 nitrogen and oxygen atoms in total. The fraction of sp³-hybridized carbons (Fsp3) is 0.286. The van der Waals surface area contributed by atoms with Crippen LogP contribution >= 0.6 is 11.3 Å². The summed E-state index contributed by atoms with van der Waals surface area (Å²) in [5, 5.41) is 1.95. The number of amides is 1. The Hall–Kier alpha value is -2.77. The molecule has 0 saturated heterocycles. The van der Waals surface area contributed by atoms with E-state index in [1.165, 1.54) is 11.3 Å². The maximum absolute atomic E-state index is 13.2. The van der Waals surface area contributed by atoms with Crippen molar-refractivity contribution >= 4 is 17.2 Å². The molecule has 28 heavy (non-hydrogen) atoms. The van der Waals surface area contributed by atoms with Gasteiger partial charge in [0.1, 0.15) is 12.4 Å². The summed E-state index contributed by atoms with van der Waals surface area (Å²) in [6.45, 7) is 2.32. The quantitative estimate of drug-likeness (QED) is 0.555. The number of hydrogen-bond donors (Lipinski definition) is 0. The third kappa shape index (κ3) is 5.87. The first-order valence-electron chi connectivity index (χ1n) is 9.04. The molecule has 0 bridgehead atoms. The van der Waals surface area contributed by atoms with Crippen molar-refractivity contribution < 1.29 is 9.53 Å². The van der Waals surface area contributed by atoms with Gasteiger partial charge in [-0.05, 0) is 43.9 Å². The van der Waals surface area contributed by atoms with Crippen LogP contribution in [0.2, 0.25) is 0 Å². The van der Waals surface area contributed by atoms with Crippen LogP contribution in [0.5, 0.6) is 5.75 Å². The van der Waals surface area contributed by atoms with Crippen LogP contribution in [0.4, 0.5) is 0 Å².